The molecule has 1 fully saturated rings. The van der Waals surface area contributed by atoms with Gasteiger partial charge in [0.25, 0.3) is 0 Å². The van der Waals surface area contributed by atoms with Gasteiger partial charge < -0.3 is 5.11 Å². The number of benzene rings is 1. The monoisotopic (exact) mass is 297 g/mol. The minimum atomic E-state index is -3.66. The second-order valence-electron chi connectivity index (χ2n) is 4.67. The maximum atomic E-state index is 13.8. The highest BCUT2D eigenvalue weighted by molar-refractivity contribution is 7.89. The number of hydrogen-bond acceptors (Lipinski definition) is 3. The van der Waals surface area contributed by atoms with Crippen molar-refractivity contribution in [2.45, 2.75) is 36.6 Å². The van der Waals surface area contributed by atoms with Crippen LogP contribution in [-0.4, -0.2) is 26.2 Å². The summed E-state index contributed by atoms with van der Waals surface area (Å²) in [6, 6.07) is 3.62. The Morgan fingerprint density at radius 2 is 2.15 bits per heavy atom. The average molecular weight is 297 g/mol. The highest BCUT2D eigenvalue weighted by Gasteiger charge is 2.25. The van der Waals surface area contributed by atoms with Gasteiger partial charge in [-0.3, -0.25) is 0 Å². The zero-order chi connectivity index (χ0) is 14.6. The fourth-order valence-electron chi connectivity index (χ4n) is 1.79. The van der Waals surface area contributed by atoms with E-state index in [4.69, 9.17) is 5.11 Å². The van der Waals surface area contributed by atoms with E-state index in [-0.39, 0.29) is 29.5 Å². The Morgan fingerprint density at radius 1 is 1.40 bits per heavy atom. The van der Waals surface area contributed by atoms with E-state index in [0.717, 1.165) is 25.3 Å². The van der Waals surface area contributed by atoms with E-state index in [1.165, 1.54) is 12.1 Å². The molecule has 0 unspecified atom stereocenters. The summed E-state index contributed by atoms with van der Waals surface area (Å²) < 4.78 is 40.4. The van der Waals surface area contributed by atoms with Crippen LogP contribution >= 0.6 is 0 Å². The summed E-state index contributed by atoms with van der Waals surface area (Å²) in [5.74, 6) is 4.48. The molecule has 6 heteroatoms. The molecule has 0 saturated heterocycles. The van der Waals surface area contributed by atoms with Crippen molar-refractivity contribution in [3.8, 4) is 11.8 Å². The lowest BCUT2D eigenvalue weighted by atomic mass is 9.94. The molecule has 108 valence electrons. The van der Waals surface area contributed by atoms with Gasteiger partial charge in [0.05, 0.1) is 17.1 Å². The lowest BCUT2D eigenvalue weighted by molar-refractivity contribution is 0.305. The fraction of sp³-hybridized carbons (Fsp3) is 0.429. The van der Waals surface area contributed by atoms with Crippen LogP contribution in [-0.2, 0) is 10.0 Å². The standard InChI is InChI=1S/C14H16FNO3S/c15-14-10-13(8-7-11(14)4-1-2-9-17)20(18,19)16-12-5-3-6-12/h7-8,10,12,16-17H,2-3,5-6,9H2. The molecular formula is C14H16FNO3S. The molecule has 0 aromatic heterocycles. The Balaban J connectivity index is 2.18. The van der Waals surface area contributed by atoms with Crippen LogP contribution in [0.3, 0.4) is 0 Å². The van der Waals surface area contributed by atoms with E-state index >= 15 is 0 Å². The van der Waals surface area contributed by atoms with E-state index in [9.17, 15) is 12.8 Å². The topological polar surface area (TPSA) is 66.4 Å². The third-order valence-electron chi connectivity index (χ3n) is 3.14. The second kappa shape index (κ2) is 6.35. The molecule has 4 nitrogen and oxygen atoms in total. The van der Waals surface area contributed by atoms with Crippen molar-refractivity contribution in [1.29, 1.82) is 0 Å². The summed E-state index contributed by atoms with van der Waals surface area (Å²) in [7, 11) is -3.66. The van der Waals surface area contributed by atoms with Crippen LogP contribution in [0.4, 0.5) is 4.39 Å². The molecule has 0 heterocycles. The molecule has 1 aliphatic rings. The highest BCUT2D eigenvalue weighted by Crippen LogP contribution is 2.21. The Morgan fingerprint density at radius 3 is 2.70 bits per heavy atom. The molecular weight excluding hydrogens is 281 g/mol. The van der Waals surface area contributed by atoms with Crippen LogP contribution in [0.25, 0.3) is 0 Å². The van der Waals surface area contributed by atoms with E-state index in [0.29, 0.717) is 0 Å². The predicted octanol–water partition coefficient (Wildman–Crippen LogP) is 1.39. The van der Waals surface area contributed by atoms with Crippen molar-refractivity contribution in [2.75, 3.05) is 6.61 Å². The van der Waals surface area contributed by atoms with Gasteiger partial charge in [-0.25, -0.2) is 17.5 Å². The minimum absolute atomic E-state index is 0.0351. The van der Waals surface area contributed by atoms with E-state index < -0.39 is 15.8 Å². The molecule has 0 radical (unpaired) electrons. The van der Waals surface area contributed by atoms with Crippen molar-refractivity contribution >= 4 is 10.0 Å². The molecule has 20 heavy (non-hydrogen) atoms. The fourth-order valence-corrected chi connectivity index (χ4v) is 3.11. The quantitative estimate of drug-likeness (QED) is 0.825. The van der Waals surface area contributed by atoms with Gasteiger partial charge in [0.15, 0.2) is 0 Å². The van der Waals surface area contributed by atoms with Gasteiger partial charge >= 0.3 is 0 Å². The number of sulfonamides is 1. The van der Waals surface area contributed by atoms with Gasteiger partial charge in [0.1, 0.15) is 5.82 Å². The molecule has 0 bridgehead atoms. The first-order valence-corrected chi connectivity index (χ1v) is 7.93. The van der Waals surface area contributed by atoms with Crippen LogP contribution < -0.4 is 4.72 Å². The number of halogens is 1. The van der Waals surface area contributed by atoms with Crippen molar-refractivity contribution in [2.24, 2.45) is 0 Å². The normalized spacial score (nSPS) is 15.3. The van der Waals surface area contributed by atoms with Crippen LogP contribution in [0.15, 0.2) is 23.1 Å². The molecule has 0 amide bonds. The van der Waals surface area contributed by atoms with Gasteiger partial charge in [-0.1, -0.05) is 18.3 Å². The van der Waals surface area contributed by atoms with E-state index in [1.54, 1.807) is 0 Å². The molecule has 2 rings (SSSR count). The molecule has 0 aliphatic heterocycles. The zero-order valence-corrected chi connectivity index (χ0v) is 11.7. The minimum Gasteiger partial charge on any atom is -0.395 e. The van der Waals surface area contributed by atoms with Crippen LogP contribution in [0.5, 0.6) is 0 Å². The summed E-state index contributed by atoms with van der Waals surface area (Å²) in [4.78, 5) is -0.0883. The van der Waals surface area contributed by atoms with Crippen molar-refractivity contribution in [3.63, 3.8) is 0 Å². The summed E-state index contributed by atoms with van der Waals surface area (Å²) in [5, 5.41) is 8.59. The number of hydrogen-bond donors (Lipinski definition) is 2. The van der Waals surface area contributed by atoms with Gasteiger partial charge in [0.2, 0.25) is 10.0 Å². The Labute approximate surface area is 118 Å². The van der Waals surface area contributed by atoms with Crippen molar-refractivity contribution in [3.05, 3.63) is 29.6 Å². The number of aliphatic hydroxyl groups excluding tert-OH is 1. The van der Waals surface area contributed by atoms with E-state index in [2.05, 4.69) is 16.6 Å². The van der Waals surface area contributed by atoms with Crippen molar-refractivity contribution in [1.82, 2.24) is 4.72 Å². The Kier molecular flexibility index (Phi) is 4.76. The lowest BCUT2D eigenvalue weighted by Gasteiger charge is -2.26. The predicted molar refractivity (Wildman–Crippen MR) is 72.9 cm³/mol. The summed E-state index contributed by atoms with van der Waals surface area (Å²) in [6.07, 6.45) is 2.92. The molecule has 0 spiro atoms. The van der Waals surface area contributed by atoms with Gasteiger partial charge in [-0.2, -0.15) is 0 Å². The van der Waals surface area contributed by atoms with Gasteiger partial charge in [-0.05, 0) is 31.0 Å². The molecule has 1 saturated carbocycles. The lowest BCUT2D eigenvalue weighted by Crippen LogP contribution is -2.39. The second-order valence-corrected chi connectivity index (χ2v) is 6.38. The summed E-state index contributed by atoms with van der Waals surface area (Å²) in [5.41, 5.74) is 0.126. The molecule has 1 aliphatic carbocycles. The maximum absolute atomic E-state index is 13.8. The number of nitrogens with one attached hydrogen (secondary N) is 1. The maximum Gasteiger partial charge on any atom is 0.240 e. The summed E-state index contributed by atoms with van der Waals surface area (Å²) >= 11 is 0. The third kappa shape index (κ3) is 3.57. The van der Waals surface area contributed by atoms with Gasteiger partial charge in [-0.15, -0.1) is 0 Å². The average Bonchev–Trinajstić information content (AvgIpc) is 2.36. The van der Waals surface area contributed by atoms with E-state index in [1.807, 2.05) is 0 Å². The van der Waals surface area contributed by atoms with Crippen LogP contribution in [0, 0.1) is 17.7 Å². The summed E-state index contributed by atoms with van der Waals surface area (Å²) in [6.45, 7) is -0.0909. The van der Waals surface area contributed by atoms with Crippen molar-refractivity contribution < 1.29 is 17.9 Å². The first-order valence-electron chi connectivity index (χ1n) is 6.44. The Hall–Kier alpha value is -1.42. The zero-order valence-electron chi connectivity index (χ0n) is 10.9. The molecule has 1 aromatic carbocycles. The van der Waals surface area contributed by atoms with Crippen LogP contribution in [0.1, 0.15) is 31.2 Å². The Bertz CT molecular complexity index is 642. The number of aliphatic hydroxyl groups is 1. The third-order valence-corrected chi connectivity index (χ3v) is 4.66. The molecule has 0 atom stereocenters. The van der Waals surface area contributed by atoms with Crippen LogP contribution in [0.2, 0.25) is 0 Å². The largest absolute Gasteiger partial charge is 0.395 e. The smallest absolute Gasteiger partial charge is 0.240 e. The molecule has 2 N–H and O–H groups in total. The first kappa shape index (κ1) is 15.0. The SMILES string of the molecule is O=S(=O)(NC1CCC1)c1ccc(C#CCCO)c(F)c1. The number of rotatable bonds is 4. The highest BCUT2D eigenvalue weighted by atomic mass is 32.2. The molecule has 1 aromatic rings. The first-order chi connectivity index (χ1) is 9.53. The van der Waals surface area contributed by atoms with Gasteiger partial charge in [0, 0.05) is 12.5 Å².